The molecule has 3 nitrogen and oxygen atoms in total. The first-order valence-corrected chi connectivity index (χ1v) is 5.73. The monoisotopic (exact) mass is 227 g/mol. The van der Waals surface area contributed by atoms with E-state index in [1.165, 1.54) is 11.1 Å². The molecule has 0 saturated heterocycles. The highest BCUT2D eigenvalue weighted by Crippen LogP contribution is 2.12. The summed E-state index contributed by atoms with van der Waals surface area (Å²) in [5.41, 5.74) is 3.49. The largest absolute Gasteiger partial charge is 0.311 e. The van der Waals surface area contributed by atoms with Crippen molar-refractivity contribution in [3.8, 4) is 0 Å². The van der Waals surface area contributed by atoms with Gasteiger partial charge in [0.2, 0.25) is 0 Å². The van der Waals surface area contributed by atoms with Gasteiger partial charge < -0.3 is 5.01 Å². The van der Waals surface area contributed by atoms with Gasteiger partial charge in [-0.1, -0.05) is 23.8 Å². The Morgan fingerprint density at radius 3 is 2.59 bits per heavy atom. The van der Waals surface area contributed by atoms with Crippen LogP contribution in [0, 0.1) is 6.92 Å². The summed E-state index contributed by atoms with van der Waals surface area (Å²) in [6.45, 7) is 2.86. The van der Waals surface area contributed by atoms with Gasteiger partial charge in [0.25, 0.3) is 0 Å². The van der Waals surface area contributed by atoms with Crippen LogP contribution in [-0.2, 0) is 6.42 Å². The summed E-state index contributed by atoms with van der Waals surface area (Å²) in [7, 11) is 0. The van der Waals surface area contributed by atoms with E-state index in [4.69, 9.17) is 5.84 Å². The standard InChI is InChI=1S/C14H17N3/c1-12-4-6-14(7-5-12)17(15)10-8-13-3-2-9-16-11-13/h2-7,9,11H,8,10,15H2,1H3. The molecule has 88 valence electrons. The van der Waals surface area contributed by atoms with Crippen LogP contribution in [0.2, 0.25) is 0 Å². The second-order valence-electron chi connectivity index (χ2n) is 4.14. The van der Waals surface area contributed by atoms with Crippen molar-refractivity contribution in [2.45, 2.75) is 13.3 Å². The molecule has 0 radical (unpaired) electrons. The summed E-state index contributed by atoms with van der Waals surface area (Å²) in [6.07, 6.45) is 4.56. The predicted octanol–water partition coefficient (Wildman–Crippen LogP) is 2.31. The molecule has 0 spiro atoms. The van der Waals surface area contributed by atoms with Gasteiger partial charge in [-0.15, -0.1) is 0 Å². The fourth-order valence-electron chi connectivity index (χ4n) is 1.66. The number of pyridine rings is 1. The van der Waals surface area contributed by atoms with E-state index in [-0.39, 0.29) is 0 Å². The van der Waals surface area contributed by atoms with Crippen LogP contribution in [-0.4, -0.2) is 11.5 Å². The minimum atomic E-state index is 0.786. The van der Waals surface area contributed by atoms with Crippen LogP contribution in [0.25, 0.3) is 0 Å². The Balaban J connectivity index is 1.93. The van der Waals surface area contributed by atoms with E-state index < -0.39 is 0 Å². The zero-order chi connectivity index (χ0) is 12.1. The lowest BCUT2D eigenvalue weighted by Crippen LogP contribution is -2.32. The number of anilines is 1. The van der Waals surface area contributed by atoms with Crippen molar-refractivity contribution in [1.82, 2.24) is 4.98 Å². The maximum absolute atomic E-state index is 6.01. The van der Waals surface area contributed by atoms with E-state index in [2.05, 4.69) is 30.1 Å². The molecule has 2 rings (SSSR count). The molecule has 0 atom stereocenters. The van der Waals surface area contributed by atoms with Gasteiger partial charge in [0.1, 0.15) is 0 Å². The number of hydrogen-bond acceptors (Lipinski definition) is 3. The Morgan fingerprint density at radius 1 is 1.18 bits per heavy atom. The van der Waals surface area contributed by atoms with Crippen LogP contribution < -0.4 is 10.9 Å². The van der Waals surface area contributed by atoms with Crippen molar-refractivity contribution >= 4 is 5.69 Å². The summed E-state index contributed by atoms with van der Waals surface area (Å²) in [5, 5.41) is 1.77. The second kappa shape index (κ2) is 5.46. The van der Waals surface area contributed by atoms with Crippen molar-refractivity contribution in [3.63, 3.8) is 0 Å². The first-order valence-electron chi connectivity index (χ1n) is 5.73. The maximum Gasteiger partial charge on any atom is 0.0517 e. The Hall–Kier alpha value is -1.87. The summed E-state index contributed by atoms with van der Waals surface area (Å²) in [6, 6.07) is 12.2. The number of hydrazine groups is 1. The second-order valence-corrected chi connectivity index (χ2v) is 4.14. The Morgan fingerprint density at radius 2 is 1.94 bits per heavy atom. The molecule has 2 aromatic rings. The Labute approximate surface area is 102 Å². The van der Waals surface area contributed by atoms with Crippen LogP contribution in [0.15, 0.2) is 48.8 Å². The average Bonchev–Trinajstić information content (AvgIpc) is 2.38. The fourth-order valence-corrected chi connectivity index (χ4v) is 1.66. The molecule has 0 aliphatic heterocycles. The van der Waals surface area contributed by atoms with E-state index >= 15 is 0 Å². The molecule has 0 unspecified atom stereocenters. The Kier molecular flexibility index (Phi) is 3.73. The molecule has 0 saturated carbocycles. The third-order valence-corrected chi connectivity index (χ3v) is 2.73. The van der Waals surface area contributed by atoms with Gasteiger partial charge in [0.15, 0.2) is 0 Å². The third-order valence-electron chi connectivity index (χ3n) is 2.73. The molecule has 17 heavy (non-hydrogen) atoms. The molecular weight excluding hydrogens is 210 g/mol. The number of nitrogens with two attached hydrogens (primary N) is 1. The van der Waals surface area contributed by atoms with Crippen LogP contribution in [0.1, 0.15) is 11.1 Å². The van der Waals surface area contributed by atoms with Gasteiger partial charge in [0.05, 0.1) is 5.69 Å². The molecule has 0 fully saturated rings. The highest BCUT2D eigenvalue weighted by Gasteiger charge is 2.01. The first-order chi connectivity index (χ1) is 8.25. The lowest BCUT2D eigenvalue weighted by molar-refractivity contribution is 0.821. The summed E-state index contributed by atoms with van der Waals surface area (Å²) >= 11 is 0. The number of aromatic nitrogens is 1. The van der Waals surface area contributed by atoms with Gasteiger partial charge >= 0.3 is 0 Å². The van der Waals surface area contributed by atoms with E-state index in [1.807, 2.05) is 24.4 Å². The maximum atomic E-state index is 6.01. The highest BCUT2D eigenvalue weighted by atomic mass is 15.4. The van der Waals surface area contributed by atoms with Crippen LogP contribution in [0.5, 0.6) is 0 Å². The number of aryl methyl sites for hydroxylation is 1. The van der Waals surface area contributed by atoms with Gasteiger partial charge in [-0.25, -0.2) is 5.84 Å². The van der Waals surface area contributed by atoms with Crippen molar-refractivity contribution in [1.29, 1.82) is 0 Å². The molecule has 2 N–H and O–H groups in total. The molecule has 0 amide bonds. The smallest absolute Gasteiger partial charge is 0.0517 e. The molecule has 1 aromatic heterocycles. The van der Waals surface area contributed by atoms with Gasteiger partial charge in [-0.05, 0) is 37.1 Å². The van der Waals surface area contributed by atoms with Crippen molar-refractivity contribution in [2.24, 2.45) is 5.84 Å². The van der Waals surface area contributed by atoms with Gasteiger partial charge in [-0.2, -0.15) is 0 Å². The van der Waals surface area contributed by atoms with E-state index in [1.54, 1.807) is 11.2 Å². The van der Waals surface area contributed by atoms with Crippen LogP contribution >= 0.6 is 0 Å². The summed E-state index contributed by atoms with van der Waals surface area (Å²) < 4.78 is 0. The van der Waals surface area contributed by atoms with Crippen LogP contribution in [0.4, 0.5) is 5.69 Å². The quantitative estimate of drug-likeness (QED) is 0.644. The number of hydrogen-bond donors (Lipinski definition) is 1. The van der Waals surface area contributed by atoms with Crippen molar-refractivity contribution < 1.29 is 0 Å². The number of rotatable bonds is 4. The summed E-state index contributed by atoms with van der Waals surface area (Å²) in [5.74, 6) is 6.01. The molecule has 1 heterocycles. The number of nitrogens with zero attached hydrogens (tertiary/aromatic N) is 2. The van der Waals surface area contributed by atoms with Gasteiger partial charge in [0, 0.05) is 18.9 Å². The van der Waals surface area contributed by atoms with E-state index in [0.29, 0.717) is 0 Å². The lowest BCUT2D eigenvalue weighted by Gasteiger charge is -2.18. The molecule has 0 aliphatic carbocycles. The third kappa shape index (κ3) is 3.29. The molecular formula is C14H17N3. The van der Waals surface area contributed by atoms with Crippen LogP contribution in [0.3, 0.4) is 0 Å². The molecule has 3 heteroatoms. The molecule has 0 aliphatic rings. The average molecular weight is 227 g/mol. The normalized spacial score (nSPS) is 10.2. The van der Waals surface area contributed by atoms with E-state index in [9.17, 15) is 0 Å². The summed E-state index contributed by atoms with van der Waals surface area (Å²) in [4.78, 5) is 4.09. The van der Waals surface area contributed by atoms with Crippen molar-refractivity contribution in [2.75, 3.05) is 11.6 Å². The SMILES string of the molecule is Cc1ccc(N(N)CCc2cccnc2)cc1. The van der Waals surface area contributed by atoms with Crippen molar-refractivity contribution in [3.05, 3.63) is 59.9 Å². The molecule has 0 bridgehead atoms. The zero-order valence-corrected chi connectivity index (χ0v) is 10.0. The first kappa shape index (κ1) is 11.6. The number of benzene rings is 1. The van der Waals surface area contributed by atoms with E-state index in [0.717, 1.165) is 18.7 Å². The minimum absolute atomic E-state index is 0.786. The topological polar surface area (TPSA) is 42.1 Å². The minimum Gasteiger partial charge on any atom is -0.311 e. The zero-order valence-electron chi connectivity index (χ0n) is 10.0. The van der Waals surface area contributed by atoms with Gasteiger partial charge in [-0.3, -0.25) is 4.98 Å². The fraction of sp³-hybridized carbons (Fsp3) is 0.214. The highest BCUT2D eigenvalue weighted by molar-refractivity contribution is 5.46. The lowest BCUT2D eigenvalue weighted by atomic mass is 10.2. The Bertz CT molecular complexity index is 451. The molecule has 1 aromatic carbocycles. The predicted molar refractivity (Wildman–Crippen MR) is 70.7 cm³/mol.